The molecule has 1 atom stereocenters. The van der Waals surface area contributed by atoms with E-state index < -0.39 is 18.7 Å². The van der Waals surface area contributed by atoms with Crippen molar-refractivity contribution in [1.29, 1.82) is 0 Å². The van der Waals surface area contributed by atoms with Gasteiger partial charge in [-0.05, 0) is 37.7 Å². The first-order valence-electron chi connectivity index (χ1n) is 8.74. The van der Waals surface area contributed by atoms with Gasteiger partial charge in [0.25, 0.3) is 0 Å². The van der Waals surface area contributed by atoms with E-state index in [0.717, 1.165) is 5.56 Å². The lowest BCUT2D eigenvalue weighted by atomic mass is 9.72. The summed E-state index contributed by atoms with van der Waals surface area (Å²) in [5, 5.41) is 32.9. The van der Waals surface area contributed by atoms with Crippen LogP contribution in [0.5, 0.6) is 5.75 Å². The number of hydrogen-bond donors (Lipinski definition) is 5. The first kappa shape index (κ1) is 18.2. The third-order valence-corrected chi connectivity index (χ3v) is 5.17. The van der Waals surface area contributed by atoms with Crippen molar-refractivity contribution >= 4 is 13.0 Å². The van der Waals surface area contributed by atoms with Crippen LogP contribution in [0.2, 0.25) is 0 Å². The molecule has 0 radical (unpaired) electrons. The van der Waals surface area contributed by atoms with Gasteiger partial charge < -0.3 is 30.9 Å². The summed E-state index contributed by atoms with van der Waals surface area (Å²) < 4.78 is 5.50. The number of carbonyl (C=O) groups excluding carboxylic acids is 1. The summed E-state index contributed by atoms with van der Waals surface area (Å²) >= 11 is 0. The van der Waals surface area contributed by atoms with Gasteiger partial charge in [0.15, 0.2) is 0 Å². The van der Waals surface area contributed by atoms with Crippen molar-refractivity contribution in [2.45, 2.75) is 62.7 Å². The molecule has 136 valence electrons. The van der Waals surface area contributed by atoms with Gasteiger partial charge in [-0.2, -0.15) is 0 Å². The number of benzene rings is 1. The van der Waals surface area contributed by atoms with Crippen molar-refractivity contribution in [3.8, 4) is 5.75 Å². The fraction of sp³-hybridized carbons (Fsp3) is 0.588. The van der Waals surface area contributed by atoms with E-state index in [4.69, 9.17) is 10.4 Å². The Hall–Kier alpha value is -1.61. The molecular formula is C17H25BN2O5. The van der Waals surface area contributed by atoms with E-state index in [1.54, 1.807) is 12.1 Å². The van der Waals surface area contributed by atoms with Crippen LogP contribution < -0.4 is 15.7 Å². The van der Waals surface area contributed by atoms with E-state index in [-0.39, 0.29) is 25.0 Å². The maximum absolute atomic E-state index is 12.3. The minimum absolute atomic E-state index is 0.00746. The smallest absolute Gasteiger partial charge is 0.534 e. The molecular weight excluding hydrogens is 323 g/mol. The van der Waals surface area contributed by atoms with Gasteiger partial charge in [0.1, 0.15) is 5.75 Å². The lowest BCUT2D eigenvalue weighted by Gasteiger charge is -2.35. The van der Waals surface area contributed by atoms with Gasteiger partial charge in [-0.3, -0.25) is 4.79 Å². The summed E-state index contributed by atoms with van der Waals surface area (Å²) in [6, 6.07) is 5.47. The summed E-state index contributed by atoms with van der Waals surface area (Å²) in [4.78, 5) is 12.3. The van der Waals surface area contributed by atoms with Gasteiger partial charge in [0, 0.05) is 11.6 Å². The normalized spacial score (nSPS) is 28.9. The Morgan fingerprint density at radius 2 is 2.12 bits per heavy atom. The number of carbonyl (C=O) groups is 1. The second kappa shape index (κ2) is 7.33. The van der Waals surface area contributed by atoms with Crippen LogP contribution in [0.3, 0.4) is 0 Å². The minimum atomic E-state index is -1.20. The first-order chi connectivity index (χ1) is 11.9. The molecule has 0 aromatic heterocycles. The highest BCUT2D eigenvalue weighted by Gasteiger charge is 2.39. The average molecular weight is 348 g/mol. The molecule has 3 rings (SSSR count). The van der Waals surface area contributed by atoms with E-state index in [1.165, 1.54) is 0 Å². The zero-order valence-corrected chi connectivity index (χ0v) is 14.1. The van der Waals surface area contributed by atoms with Crippen molar-refractivity contribution in [2.24, 2.45) is 5.73 Å². The molecule has 1 aromatic carbocycles. The highest BCUT2D eigenvalue weighted by Crippen LogP contribution is 2.32. The fourth-order valence-electron chi connectivity index (χ4n) is 3.65. The van der Waals surface area contributed by atoms with Crippen LogP contribution in [0.15, 0.2) is 18.2 Å². The number of amides is 1. The van der Waals surface area contributed by atoms with Gasteiger partial charge in [-0.15, -0.1) is 0 Å². The topological polar surface area (TPSA) is 125 Å². The molecule has 1 saturated carbocycles. The molecule has 2 aliphatic rings. The van der Waals surface area contributed by atoms with E-state index in [2.05, 4.69) is 5.32 Å². The summed E-state index contributed by atoms with van der Waals surface area (Å²) in [7, 11) is -1.20. The maximum atomic E-state index is 12.3. The molecule has 7 nitrogen and oxygen atoms in total. The monoisotopic (exact) mass is 348 g/mol. The van der Waals surface area contributed by atoms with Crippen molar-refractivity contribution < 1.29 is 24.7 Å². The molecule has 1 aromatic rings. The van der Waals surface area contributed by atoms with Gasteiger partial charge >= 0.3 is 7.12 Å². The second-order valence-corrected chi connectivity index (χ2v) is 7.19. The SMILES string of the molecule is NC1CCC(O)(CC(=O)N[C@H]2Cc3cccc(CO)c3OB2O)CC1. The van der Waals surface area contributed by atoms with Crippen molar-refractivity contribution in [3.05, 3.63) is 29.3 Å². The third kappa shape index (κ3) is 4.15. The molecule has 1 amide bonds. The fourth-order valence-corrected chi connectivity index (χ4v) is 3.65. The van der Waals surface area contributed by atoms with Gasteiger partial charge in [0.05, 0.1) is 24.6 Å². The largest absolute Gasteiger partial charge is 0.547 e. The maximum Gasteiger partial charge on any atom is 0.547 e. The first-order valence-corrected chi connectivity index (χ1v) is 8.74. The van der Waals surface area contributed by atoms with E-state index >= 15 is 0 Å². The number of nitrogens with one attached hydrogen (secondary N) is 1. The Morgan fingerprint density at radius 1 is 1.40 bits per heavy atom. The standard InChI is InChI=1S/C17H25BN2O5/c19-13-4-6-17(23,7-5-13)9-15(22)20-14-8-11-2-1-3-12(10-21)16(11)25-18(14)24/h1-3,13-14,21,23-24H,4-10,19H2,(H,20,22)/t13?,14-,17?/m0/s1. The van der Waals surface area contributed by atoms with Gasteiger partial charge in [0.2, 0.25) is 5.91 Å². The van der Waals surface area contributed by atoms with Crippen LogP contribution in [0.25, 0.3) is 0 Å². The summed E-state index contributed by atoms with van der Waals surface area (Å²) in [6.45, 7) is -0.178. The number of aliphatic hydroxyl groups excluding tert-OH is 1. The summed E-state index contributed by atoms with van der Waals surface area (Å²) in [5.74, 6) is -0.432. The number of hydrogen-bond acceptors (Lipinski definition) is 6. The number of rotatable bonds is 4. The number of fused-ring (bicyclic) bond motifs is 1. The van der Waals surface area contributed by atoms with Gasteiger partial charge in [-0.25, -0.2) is 0 Å². The Labute approximate surface area is 147 Å². The average Bonchev–Trinajstić information content (AvgIpc) is 2.58. The van der Waals surface area contributed by atoms with Gasteiger partial charge in [-0.1, -0.05) is 18.2 Å². The lowest BCUT2D eigenvalue weighted by Crippen LogP contribution is -2.54. The van der Waals surface area contributed by atoms with E-state index in [9.17, 15) is 20.0 Å². The van der Waals surface area contributed by atoms with Crippen LogP contribution in [-0.4, -0.2) is 45.8 Å². The highest BCUT2D eigenvalue weighted by molar-refractivity contribution is 6.46. The minimum Gasteiger partial charge on any atom is -0.534 e. The Morgan fingerprint density at radius 3 is 2.80 bits per heavy atom. The molecule has 0 bridgehead atoms. The zero-order chi connectivity index (χ0) is 18.0. The molecule has 1 fully saturated rings. The van der Waals surface area contributed by atoms with Crippen LogP contribution in [0, 0.1) is 0 Å². The van der Waals surface area contributed by atoms with Crippen LogP contribution in [0.1, 0.15) is 43.2 Å². The third-order valence-electron chi connectivity index (χ3n) is 5.17. The summed E-state index contributed by atoms with van der Waals surface area (Å²) in [6.07, 6.45) is 2.82. The molecule has 6 N–H and O–H groups in total. The molecule has 1 aliphatic heterocycles. The lowest BCUT2D eigenvalue weighted by molar-refractivity contribution is -0.128. The number of para-hydroxylation sites is 1. The van der Waals surface area contributed by atoms with Crippen molar-refractivity contribution in [1.82, 2.24) is 5.32 Å². The Balaban J connectivity index is 1.62. The molecule has 0 unspecified atom stereocenters. The van der Waals surface area contributed by atoms with Crippen LogP contribution >= 0.6 is 0 Å². The zero-order valence-electron chi connectivity index (χ0n) is 14.1. The second-order valence-electron chi connectivity index (χ2n) is 7.19. The number of aliphatic hydroxyl groups is 2. The van der Waals surface area contributed by atoms with E-state index in [1.807, 2.05) is 6.07 Å². The predicted molar refractivity (Wildman–Crippen MR) is 92.6 cm³/mol. The number of nitrogens with two attached hydrogens (primary N) is 1. The van der Waals surface area contributed by atoms with Crippen LogP contribution in [-0.2, 0) is 17.8 Å². The predicted octanol–water partition coefficient (Wildman–Crippen LogP) is -0.359. The highest BCUT2D eigenvalue weighted by atomic mass is 16.5. The van der Waals surface area contributed by atoms with Crippen molar-refractivity contribution in [2.75, 3.05) is 0 Å². The molecule has 0 saturated heterocycles. The van der Waals surface area contributed by atoms with E-state index in [0.29, 0.717) is 43.4 Å². The Bertz CT molecular complexity index is 633. The summed E-state index contributed by atoms with van der Waals surface area (Å²) in [5.41, 5.74) is 6.25. The molecule has 0 spiro atoms. The Kier molecular flexibility index (Phi) is 5.33. The molecule has 1 heterocycles. The molecule has 1 aliphatic carbocycles. The van der Waals surface area contributed by atoms with Crippen LogP contribution in [0.4, 0.5) is 0 Å². The molecule has 25 heavy (non-hydrogen) atoms. The van der Waals surface area contributed by atoms with Crippen molar-refractivity contribution in [3.63, 3.8) is 0 Å². The molecule has 8 heteroatoms. The quantitative estimate of drug-likeness (QED) is 0.473.